The molecule has 0 heterocycles. The lowest BCUT2D eigenvalue weighted by Gasteiger charge is -2.19. The Bertz CT molecular complexity index is 1330. The normalized spacial score (nSPS) is 17.0. The Morgan fingerprint density at radius 1 is 1.11 bits per heavy atom. The number of rotatable bonds is 7. The minimum Gasteiger partial charge on any atom is -0.390 e. The van der Waals surface area contributed by atoms with E-state index in [-0.39, 0.29) is 16.7 Å². The molecule has 37 heavy (non-hydrogen) atoms. The number of nitrogens with one attached hydrogen (secondary N) is 1. The first-order valence-electron chi connectivity index (χ1n) is 11.8. The number of hydrogen-bond donors (Lipinski definition) is 2. The molecular formula is C28H28F3N3O3. The predicted octanol–water partition coefficient (Wildman–Crippen LogP) is 4.79. The van der Waals surface area contributed by atoms with Crippen molar-refractivity contribution in [3.05, 3.63) is 88.7 Å². The number of aliphatic hydroxyl groups is 1. The van der Waals surface area contributed by atoms with Crippen molar-refractivity contribution < 1.29 is 27.8 Å². The molecule has 4 rings (SSSR count). The van der Waals surface area contributed by atoms with Gasteiger partial charge in [-0.1, -0.05) is 18.2 Å². The number of amidine groups is 1. The summed E-state index contributed by atoms with van der Waals surface area (Å²) in [5.41, 5.74) is 1.50. The second-order valence-electron chi connectivity index (χ2n) is 8.97. The van der Waals surface area contributed by atoms with Crippen LogP contribution in [0.1, 0.15) is 34.5 Å². The monoisotopic (exact) mass is 511 g/mol. The van der Waals surface area contributed by atoms with Crippen molar-refractivity contribution in [3.8, 4) is 11.1 Å². The summed E-state index contributed by atoms with van der Waals surface area (Å²) in [5.74, 6) is -2.58. The number of likely N-dealkylation sites (N-methyl/N-ethyl adjacent to an activating group) is 1. The molecule has 2 N–H and O–H groups in total. The fraction of sp³-hybridized carbons (Fsp3) is 0.286. The third kappa shape index (κ3) is 5.68. The van der Waals surface area contributed by atoms with Crippen LogP contribution in [0.25, 0.3) is 11.1 Å². The number of amides is 1. The summed E-state index contributed by atoms with van der Waals surface area (Å²) in [6.45, 7) is 3.10. The van der Waals surface area contributed by atoms with Crippen LogP contribution in [0, 0.1) is 17.5 Å². The highest BCUT2D eigenvalue weighted by Crippen LogP contribution is 2.35. The summed E-state index contributed by atoms with van der Waals surface area (Å²) < 4.78 is 48.2. The molecule has 0 bridgehead atoms. The number of ether oxygens (including phenoxy) is 1. The molecule has 0 aliphatic heterocycles. The van der Waals surface area contributed by atoms with Crippen molar-refractivity contribution in [1.82, 2.24) is 10.2 Å². The molecule has 0 saturated heterocycles. The standard InChI is InChI=1S/C28H28F3N3O3/c1-16(34(2)11-12-37-3)32-19-9-7-17-14-25(35)27(21(17)15-19)33-28(36)20-10-8-18(13-24(20)31)26-22(29)5-4-6-23(26)30/h4-10,13,15,25,27,35H,11-12,14H2,1-3H3,(H,33,36)/t25-,27-/m1/s1. The number of halogens is 3. The van der Waals surface area contributed by atoms with Crippen molar-refractivity contribution >= 4 is 17.4 Å². The molecule has 0 fully saturated rings. The van der Waals surface area contributed by atoms with Crippen LogP contribution in [0.5, 0.6) is 0 Å². The highest BCUT2D eigenvalue weighted by molar-refractivity contribution is 5.95. The van der Waals surface area contributed by atoms with Crippen molar-refractivity contribution in [2.24, 2.45) is 4.99 Å². The number of aliphatic imine (C=N–C) groups is 1. The maximum atomic E-state index is 14.9. The van der Waals surface area contributed by atoms with Gasteiger partial charge in [-0.05, 0) is 60.0 Å². The highest BCUT2D eigenvalue weighted by Gasteiger charge is 2.33. The van der Waals surface area contributed by atoms with Crippen LogP contribution in [0.15, 0.2) is 59.6 Å². The van der Waals surface area contributed by atoms with Crippen LogP contribution in [0.4, 0.5) is 18.9 Å². The van der Waals surface area contributed by atoms with Gasteiger partial charge in [-0.3, -0.25) is 4.79 Å². The zero-order valence-corrected chi connectivity index (χ0v) is 20.8. The van der Waals surface area contributed by atoms with Crippen LogP contribution in [-0.2, 0) is 11.2 Å². The number of nitrogens with zero attached hydrogens (tertiary/aromatic N) is 2. The van der Waals surface area contributed by atoms with E-state index in [9.17, 15) is 23.1 Å². The Kier molecular flexibility index (Phi) is 7.94. The van der Waals surface area contributed by atoms with Gasteiger partial charge in [0.2, 0.25) is 0 Å². The lowest BCUT2D eigenvalue weighted by atomic mass is 10.0. The first-order valence-corrected chi connectivity index (χ1v) is 11.8. The number of benzene rings is 3. The molecule has 0 radical (unpaired) electrons. The average Bonchev–Trinajstić information content (AvgIpc) is 3.16. The van der Waals surface area contributed by atoms with E-state index in [4.69, 9.17) is 4.74 Å². The molecule has 6 nitrogen and oxygen atoms in total. The molecule has 2 atom stereocenters. The Morgan fingerprint density at radius 3 is 2.51 bits per heavy atom. The summed E-state index contributed by atoms with van der Waals surface area (Å²) in [4.78, 5) is 19.5. The molecule has 3 aromatic carbocycles. The first kappa shape index (κ1) is 26.4. The number of aliphatic hydroxyl groups excluding tert-OH is 1. The quantitative estimate of drug-likeness (QED) is 0.354. The Labute approximate surface area is 213 Å². The Morgan fingerprint density at radius 2 is 1.84 bits per heavy atom. The number of fused-ring (bicyclic) bond motifs is 1. The van der Waals surface area contributed by atoms with Crippen molar-refractivity contribution in [1.29, 1.82) is 0 Å². The topological polar surface area (TPSA) is 74.2 Å². The zero-order chi connectivity index (χ0) is 26.7. The number of methoxy groups -OCH3 is 1. The third-order valence-corrected chi connectivity index (χ3v) is 6.50. The van der Waals surface area contributed by atoms with Crippen molar-refractivity contribution in [2.75, 3.05) is 27.3 Å². The van der Waals surface area contributed by atoms with Crippen LogP contribution < -0.4 is 5.32 Å². The molecule has 0 unspecified atom stereocenters. The van der Waals surface area contributed by atoms with Crippen LogP contribution in [0.2, 0.25) is 0 Å². The summed E-state index contributed by atoms with van der Waals surface area (Å²) in [6.07, 6.45) is -0.580. The number of carbonyl (C=O) groups excluding carboxylic acids is 1. The largest absolute Gasteiger partial charge is 0.390 e. The van der Waals surface area contributed by atoms with E-state index in [2.05, 4.69) is 10.3 Å². The highest BCUT2D eigenvalue weighted by atomic mass is 19.1. The molecule has 1 aliphatic rings. The maximum Gasteiger partial charge on any atom is 0.254 e. The zero-order valence-electron chi connectivity index (χ0n) is 20.8. The fourth-order valence-corrected chi connectivity index (χ4v) is 4.36. The van der Waals surface area contributed by atoms with E-state index in [1.807, 2.05) is 31.0 Å². The van der Waals surface area contributed by atoms with Gasteiger partial charge in [0.1, 0.15) is 23.3 Å². The smallest absolute Gasteiger partial charge is 0.254 e. The number of carbonyl (C=O) groups is 1. The average molecular weight is 512 g/mol. The van der Waals surface area contributed by atoms with E-state index in [0.29, 0.717) is 30.8 Å². The SMILES string of the molecule is COCCN(C)C(C)=Nc1ccc2c(c1)[C@@H](NC(=O)c1ccc(-c3c(F)cccc3F)cc1F)[C@H](O)C2. The van der Waals surface area contributed by atoms with Gasteiger partial charge in [0.05, 0.1) is 35.6 Å². The van der Waals surface area contributed by atoms with Gasteiger partial charge in [0.25, 0.3) is 5.91 Å². The van der Waals surface area contributed by atoms with Crippen LogP contribution in [0.3, 0.4) is 0 Å². The number of hydrogen-bond acceptors (Lipinski definition) is 4. The van der Waals surface area contributed by atoms with E-state index in [1.54, 1.807) is 13.2 Å². The molecule has 1 aliphatic carbocycles. The van der Waals surface area contributed by atoms with Crippen molar-refractivity contribution in [2.45, 2.75) is 25.5 Å². The first-order chi connectivity index (χ1) is 17.7. The summed E-state index contributed by atoms with van der Waals surface area (Å²) >= 11 is 0. The summed E-state index contributed by atoms with van der Waals surface area (Å²) in [5, 5.41) is 13.3. The summed E-state index contributed by atoms with van der Waals surface area (Å²) in [6, 6.07) is 11.5. The fourth-order valence-electron chi connectivity index (χ4n) is 4.36. The molecule has 0 saturated carbocycles. The van der Waals surface area contributed by atoms with Gasteiger partial charge >= 0.3 is 0 Å². The van der Waals surface area contributed by atoms with E-state index in [0.717, 1.165) is 29.6 Å². The van der Waals surface area contributed by atoms with Gasteiger partial charge in [0, 0.05) is 27.1 Å². The summed E-state index contributed by atoms with van der Waals surface area (Å²) in [7, 11) is 3.53. The van der Waals surface area contributed by atoms with Gasteiger partial charge in [-0.25, -0.2) is 18.2 Å². The van der Waals surface area contributed by atoms with Crippen molar-refractivity contribution in [3.63, 3.8) is 0 Å². The third-order valence-electron chi connectivity index (χ3n) is 6.50. The lowest BCUT2D eigenvalue weighted by molar-refractivity contribution is 0.0854. The Hall–Kier alpha value is -3.69. The minimum absolute atomic E-state index is 0.0239. The second kappa shape index (κ2) is 11.1. The van der Waals surface area contributed by atoms with Crippen LogP contribution >= 0.6 is 0 Å². The molecule has 0 spiro atoms. The molecule has 1 amide bonds. The van der Waals surface area contributed by atoms with Gasteiger partial charge in [-0.2, -0.15) is 0 Å². The van der Waals surface area contributed by atoms with Crippen LogP contribution in [-0.4, -0.2) is 55.2 Å². The van der Waals surface area contributed by atoms with E-state index in [1.165, 1.54) is 18.2 Å². The minimum atomic E-state index is -0.932. The predicted molar refractivity (Wildman–Crippen MR) is 135 cm³/mol. The molecule has 0 aromatic heterocycles. The molecule has 3 aromatic rings. The lowest BCUT2D eigenvalue weighted by Crippen LogP contribution is -2.34. The second-order valence-corrected chi connectivity index (χ2v) is 8.97. The maximum absolute atomic E-state index is 14.9. The van der Waals surface area contributed by atoms with Gasteiger partial charge < -0.3 is 20.1 Å². The van der Waals surface area contributed by atoms with Gasteiger partial charge in [0.15, 0.2) is 0 Å². The molecule has 9 heteroatoms. The molecule has 194 valence electrons. The molecular weight excluding hydrogens is 483 g/mol. The van der Waals surface area contributed by atoms with E-state index < -0.39 is 35.5 Å². The Balaban J connectivity index is 1.55. The van der Waals surface area contributed by atoms with E-state index >= 15 is 0 Å². The van der Waals surface area contributed by atoms with Gasteiger partial charge in [-0.15, -0.1) is 0 Å².